The van der Waals surface area contributed by atoms with Crippen LogP contribution in [-0.2, 0) is 16.0 Å². The zero-order valence-electron chi connectivity index (χ0n) is 25.7. The zero-order valence-corrected chi connectivity index (χ0v) is 25.7. The van der Waals surface area contributed by atoms with Crippen molar-refractivity contribution < 1.29 is 23.8 Å². The van der Waals surface area contributed by atoms with Gasteiger partial charge in [-0.25, -0.2) is 0 Å². The molecular weight excluding hydrogens is 528 g/mol. The van der Waals surface area contributed by atoms with Crippen molar-refractivity contribution >= 4 is 22.8 Å². The first-order chi connectivity index (χ1) is 20.2. The number of rotatable bonds is 10. The third kappa shape index (κ3) is 6.84. The first-order valence-corrected chi connectivity index (χ1v) is 15.0. The molecule has 1 saturated heterocycles. The van der Waals surface area contributed by atoms with Crippen LogP contribution in [0, 0.1) is 17.8 Å². The van der Waals surface area contributed by atoms with Crippen LogP contribution in [0.25, 0.3) is 11.1 Å². The molecule has 2 heterocycles. The van der Waals surface area contributed by atoms with Crippen molar-refractivity contribution in [1.29, 1.82) is 0 Å². The number of nitrogens with zero attached hydrogens (tertiary/aromatic N) is 2. The highest BCUT2D eigenvalue weighted by Gasteiger charge is 2.34. The lowest BCUT2D eigenvalue weighted by Crippen LogP contribution is -2.40. The Hall–Kier alpha value is -3.71. The maximum Gasteiger partial charge on any atom is 0.255 e. The second-order valence-electron chi connectivity index (χ2n) is 11.4. The summed E-state index contributed by atoms with van der Waals surface area (Å²) in [5, 5.41) is 0. The summed E-state index contributed by atoms with van der Waals surface area (Å²) in [6.45, 7) is 19.9. The third-order valence-electron chi connectivity index (χ3n) is 8.41. The molecule has 2 aromatic rings. The van der Waals surface area contributed by atoms with Gasteiger partial charge in [0.2, 0.25) is 0 Å². The van der Waals surface area contributed by atoms with Crippen molar-refractivity contribution in [2.24, 2.45) is 17.8 Å². The number of Topliss-reactive ketones (excluding diaryl/α,β-unsaturated/α-hetero) is 1. The van der Waals surface area contributed by atoms with Gasteiger partial charge in [-0.05, 0) is 60.9 Å². The zero-order chi connectivity index (χ0) is 30.4. The molecule has 4 rings (SSSR count). The highest BCUT2D eigenvalue weighted by molar-refractivity contribution is 6.17. The van der Waals surface area contributed by atoms with Gasteiger partial charge in [-0.2, -0.15) is 0 Å². The van der Waals surface area contributed by atoms with Crippen LogP contribution in [0.4, 0.5) is 0 Å². The van der Waals surface area contributed by atoms with Crippen molar-refractivity contribution in [3.05, 3.63) is 77.7 Å². The lowest BCUT2D eigenvalue weighted by Gasteiger charge is -2.27. The van der Waals surface area contributed by atoms with Crippen molar-refractivity contribution in [2.45, 2.75) is 47.0 Å². The van der Waals surface area contributed by atoms with Gasteiger partial charge < -0.3 is 19.1 Å². The Kier molecular flexibility index (Phi) is 10.4. The lowest BCUT2D eigenvalue weighted by molar-refractivity contribution is -0.117. The molecule has 1 aromatic carbocycles. The van der Waals surface area contributed by atoms with Crippen LogP contribution in [0.2, 0.25) is 0 Å². The fraction of sp³-hybridized carbons (Fsp3) is 0.457. The number of ketones is 1. The Morgan fingerprint density at radius 2 is 1.86 bits per heavy atom. The smallest absolute Gasteiger partial charge is 0.255 e. The average molecular weight is 573 g/mol. The predicted octanol–water partition coefficient (Wildman–Crippen LogP) is 6.43. The molecule has 0 spiro atoms. The molecule has 1 aliphatic heterocycles. The maximum atomic E-state index is 14.1. The van der Waals surface area contributed by atoms with Crippen LogP contribution in [0.3, 0.4) is 0 Å². The Balaban J connectivity index is 1.80. The highest BCUT2D eigenvalue weighted by Crippen LogP contribution is 2.41. The molecule has 1 fully saturated rings. The van der Waals surface area contributed by atoms with Crippen molar-refractivity contribution in [2.75, 3.05) is 40.0 Å². The van der Waals surface area contributed by atoms with Crippen LogP contribution in [0.5, 0.6) is 11.5 Å². The number of ether oxygens (including phenoxy) is 3. The first-order valence-electron chi connectivity index (χ1n) is 15.0. The van der Waals surface area contributed by atoms with Crippen LogP contribution in [-0.4, -0.2) is 61.6 Å². The first kappa shape index (κ1) is 31.2. The number of hydrogen-bond donors (Lipinski definition) is 0. The fourth-order valence-corrected chi connectivity index (χ4v) is 5.79. The second-order valence-corrected chi connectivity index (χ2v) is 11.4. The Morgan fingerprint density at radius 3 is 2.50 bits per heavy atom. The van der Waals surface area contributed by atoms with E-state index in [2.05, 4.69) is 40.0 Å². The van der Waals surface area contributed by atoms with Crippen molar-refractivity contribution in [3.8, 4) is 11.5 Å². The van der Waals surface area contributed by atoms with Gasteiger partial charge in [0.1, 0.15) is 11.5 Å². The molecule has 0 N–H and O–H groups in total. The van der Waals surface area contributed by atoms with E-state index < -0.39 is 5.92 Å². The van der Waals surface area contributed by atoms with E-state index in [1.165, 1.54) is 0 Å². The molecular formula is C35H44N2O5. The molecule has 7 heteroatoms. The Labute approximate surface area is 250 Å². The summed E-state index contributed by atoms with van der Waals surface area (Å²) in [7, 11) is 1.61. The summed E-state index contributed by atoms with van der Waals surface area (Å²) in [4.78, 5) is 34.2. The van der Waals surface area contributed by atoms with Gasteiger partial charge in [0.25, 0.3) is 5.91 Å². The molecule has 1 aliphatic carbocycles. The number of fused-ring (bicyclic) bond motifs is 1. The number of benzene rings is 1. The van der Waals surface area contributed by atoms with Crippen molar-refractivity contribution in [3.63, 3.8) is 0 Å². The Morgan fingerprint density at radius 1 is 1.14 bits per heavy atom. The largest absolute Gasteiger partial charge is 0.497 e. The van der Waals surface area contributed by atoms with Crippen LogP contribution >= 0.6 is 0 Å². The van der Waals surface area contributed by atoms with E-state index in [4.69, 9.17) is 19.2 Å². The topological polar surface area (TPSA) is 78.0 Å². The molecule has 2 atom stereocenters. The molecule has 0 bridgehead atoms. The number of morpholine rings is 1. The summed E-state index contributed by atoms with van der Waals surface area (Å²) < 4.78 is 16.7. The number of aromatic nitrogens is 1. The van der Waals surface area contributed by atoms with Gasteiger partial charge >= 0.3 is 0 Å². The Bertz CT molecular complexity index is 1370. The normalized spacial score (nSPS) is 19.1. The summed E-state index contributed by atoms with van der Waals surface area (Å²) in [6.07, 6.45) is 5.94. The second kappa shape index (κ2) is 14.0. The average Bonchev–Trinajstić information content (AvgIpc) is 3.06. The van der Waals surface area contributed by atoms with Crippen LogP contribution < -0.4 is 9.47 Å². The van der Waals surface area contributed by atoms with E-state index in [1.807, 2.05) is 31.2 Å². The van der Waals surface area contributed by atoms with Gasteiger partial charge in [-0.1, -0.05) is 46.4 Å². The standard InChI is InChI=1S/C35H44N2O5/c1-8-26(22(3)4)10-11-30-24(6)34(38)32(18-25-16-28(40-7)20-29(17-25)42-9-2)23(5)31-19-27(21-36-33(30)31)35(39)37-12-14-41-15-13-37/h11,16-17,19-22,26,32H,5-6,8-10,12-15,18H2,1-4,7H3/b30-11+. The summed E-state index contributed by atoms with van der Waals surface area (Å²) in [5.74, 6) is 1.51. The molecule has 7 nitrogen and oxygen atoms in total. The minimum Gasteiger partial charge on any atom is -0.497 e. The number of amides is 1. The molecule has 42 heavy (non-hydrogen) atoms. The summed E-state index contributed by atoms with van der Waals surface area (Å²) in [6, 6.07) is 7.53. The van der Waals surface area contributed by atoms with Crippen LogP contribution in [0.15, 0.2) is 55.3 Å². The molecule has 0 saturated carbocycles. The maximum absolute atomic E-state index is 14.1. The number of carbonyl (C=O) groups excluding carboxylic acids is 2. The SMILES string of the molecule is C=C1C(=O)C(Cc2cc(OC)cc(OCC)c2)C(=C)c2cc(C(=O)N3CCOCC3)cnc2/C1=C/CC(CC)C(C)C. The number of methoxy groups -OCH3 is 1. The fourth-order valence-electron chi connectivity index (χ4n) is 5.79. The minimum atomic E-state index is -0.591. The lowest BCUT2D eigenvalue weighted by atomic mass is 9.84. The third-order valence-corrected chi connectivity index (χ3v) is 8.41. The molecule has 1 amide bonds. The number of hydrogen-bond acceptors (Lipinski definition) is 6. The van der Waals surface area contributed by atoms with E-state index in [9.17, 15) is 9.59 Å². The molecule has 2 aliphatic rings. The quantitative estimate of drug-likeness (QED) is 0.241. The van der Waals surface area contributed by atoms with Gasteiger partial charge in [-0.15, -0.1) is 0 Å². The molecule has 0 radical (unpaired) electrons. The molecule has 224 valence electrons. The van der Waals surface area contributed by atoms with E-state index in [0.717, 1.165) is 24.0 Å². The summed E-state index contributed by atoms with van der Waals surface area (Å²) >= 11 is 0. The van der Waals surface area contributed by atoms with E-state index in [-0.39, 0.29) is 11.7 Å². The molecule has 1 aromatic heterocycles. The van der Waals surface area contributed by atoms with Gasteiger partial charge in [-0.3, -0.25) is 14.6 Å². The highest BCUT2D eigenvalue weighted by atomic mass is 16.5. The van der Waals surface area contributed by atoms with Gasteiger partial charge in [0.15, 0.2) is 5.78 Å². The monoisotopic (exact) mass is 572 g/mol. The van der Waals surface area contributed by atoms with Gasteiger partial charge in [0, 0.05) is 42.1 Å². The van der Waals surface area contributed by atoms with Crippen LogP contribution in [0.1, 0.15) is 67.7 Å². The minimum absolute atomic E-state index is 0.0938. The number of pyridine rings is 1. The molecule has 2 unspecified atom stereocenters. The number of allylic oxidation sites excluding steroid dienone is 4. The van der Waals surface area contributed by atoms with Crippen molar-refractivity contribution in [1.82, 2.24) is 9.88 Å². The predicted molar refractivity (Wildman–Crippen MR) is 167 cm³/mol. The summed E-state index contributed by atoms with van der Waals surface area (Å²) in [5.41, 5.74) is 4.50. The van der Waals surface area contributed by atoms with E-state index in [1.54, 1.807) is 18.2 Å². The number of carbonyl (C=O) groups is 2. The van der Waals surface area contributed by atoms with E-state index in [0.29, 0.717) is 90.6 Å². The van der Waals surface area contributed by atoms with E-state index >= 15 is 0 Å². The van der Waals surface area contributed by atoms with Gasteiger partial charge in [0.05, 0.1) is 44.1 Å².